The number of anilines is 2. The van der Waals surface area contributed by atoms with Crippen LogP contribution in [0.15, 0.2) is 42.7 Å². The maximum Gasteiger partial charge on any atom is 0.206 e. The number of aryl methyl sites for hydroxylation is 1. The molecule has 0 saturated carbocycles. The number of carbonyl (C=O) groups is 1. The Morgan fingerprint density at radius 1 is 0.880 bits per heavy atom. The molecule has 1 aromatic carbocycles. The van der Waals surface area contributed by atoms with Gasteiger partial charge in [-0.3, -0.25) is 9.78 Å². The Kier molecular flexibility index (Phi) is 3.23. The number of hydrogen-bond donors (Lipinski definition) is 0. The maximum absolute atomic E-state index is 12.2. The van der Waals surface area contributed by atoms with E-state index in [1.165, 1.54) is 5.69 Å². The second kappa shape index (κ2) is 5.58. The molecule has 6 heteroatoms. The number of benzene rings is 1. The monoisotopic (exact) mass is 333 g/mol. The minimum Gasteiger partial charge on any atom is -0.368 e. The largest absolute Gasteiger partial charge is 0.368 e. The molecule has 25 heavy (non-hydrogen) atoms. The van der Waals surface area contributed by atoms with Gasteiger partial charge in [0.15, 0.2) is 5.78 Å². The third-order valence-corrected chi connectivity index (χ3v) is 5.20. The molecule has 6 nitrogen and oxygen atoms in total. The lowest BCUT2D eigenvalue weighted by Gasteiger charge is -2.37. The van der Waals surface area contributed by atoms with Crippen LogP contribution in [0.2, 0.25) is 0 Å². The first kappa shape index (κ1) is 14.5. The Hall–Kier alpha value is -2.89. The van der Waals surface area contributed by atoms with E-state index < -0.39 is 0 Å². The summed E-state index contributed by atoms with van der Waals surface area (Å²) in [6, 6.07) is 9.98. The van der Waals surface area contributed by atoms with Gasteiger partial charge >= 0.3 is 0 Å². The topological polar surface area (TPSA) is 54.3 Å². The molecule has 0 radical (unpaired) electrons. The van der Waals surface area contributed by atoms with Crippen LogP contribution >= 0.6 is 0 Å². The molecule has 0 atom stereocenters. The molecule has 0 N–H and O–H groups in total. The summed E-state index contributed by atoms with van der Waals surface area (Å²) in [5.41, 5.74) is 3.97. The van der Waals surface area contributed by atoms with E-state index >= 15 is 0 Å². The SMILES string of the molecule is O=C1CCn2c(N3CCN(c4ccncc4)CC3)nc3cccc1c32. The van der Waals surface area contributed by atoms with E-state index in [2.05, 4.69) is 31.5 Å². The lowest BCUT2D eigenvalue weighted by molar-refractivity contribution is 0.0973. The number of para-hydroxylation sites is 1. The van der Waals surface area contributed by atoms with Gasteiger partial charge in [-0.25, -0.2) is 4.98 Å². The molecule has 2 aromatic heterocycles. The summed E-state index contributed by atoms with van der Waals surface area (Å²) in [6.07, 6.45) is 4.24. The molecule has 3 aromatic rings. The van der Waals surface area contributed by atoms with Crippen molar-refractivity contribution >= 4 is 28.5 Å². The normalized spacial score (nSPS) is 17.4. The van der Waals surface area contributed by atoms with E-state index in [-0.39, 0.29) is 5.78 Å². The number of rotatable bonds is 2. The molecule has 5 rings (SSSR count). The van der Waals surface area contributed by atoms with Gasteiger partial charge in [0.2, 0.25) is 5.95 Å². The minimum absolute atomic E-state index is 0.229. The first-order chi connectivity index (χ1) is 12.3. The smallest absolute Gasteiger partial charge is 0.206 e. The first-order valence-electron chi connectivity index (χ1n) is 8.73. The first-order valence-corrected chi connectivity index (χ1v) is 8.73. The molecule has 0 unspecified atom stereocenters. The second-order valence-corrected chi connectivity index (χ2v) is 6.59. The van der Waals surface area contributed by atoms with Gasteiger partial charge in [0, 0.05) is 62.8 Å². The van der Waals surface area contributed by atoms with Crippen LogP contribution in [0, 0.1) is 0 Å². The number of hydrogen-bond acceptors (Lipinski definition) is 5. The Labute approximate surface area is 145 Å². The van der Waals surface area contributed by atoms with Crippen molar-refractivity contribution in [2.75, 3.05) is 36.0 Å². The fourth-order valence-corrected chi connectivity index (χ4v) is 3.92. The van der Waals surface area contributed by atoms with Crippen molar-refractivity contribution in [3.63, 3.8) is 0 Å². The van der Waals surface area contributed by atoms with Crippen LogP contribution in [-0.2, 0) is 6.54 Å². The lowest BCUT2D eigenvalue weighted by atomic mass is 10.0. The van der Waals surface area contributed by atoms with Crippen LogP contribution in [0.3, 0.4) is 0 Å². The fraction of sp³-hybridized carbons (Fsp3) is 0.316. The molecule has 0 aliphatic carbocycles. The van der Waals surface area contributed by atoms with E-state index in [4.69, 9.17) is 4.98 Å². The summed E-state index contributed by atoms with van der Waals surface area (Å²) < 4.78 is 2.23. The number of pyridine rings is 1. The molecule has 4 heterocycles. The van der Waals surface area contributed by atoms with Crippen LogP contribution in [0.25, 0.3) is 11.0 Å². The van der Waals surface area contributed by atoms with Crippen molar-refractivity contribution in [1.82, 2.24) is 14.5 Å². The molecule has 1 saturated heterocycles. The van der Waals surface area contributed by atoms with Gasteiger partial charge in [-0.05, 0) is 24.3 Å². The maximum atomic E-state index is 12.2. The summed E-state index contributed by atoms with van der Waals surface area (Å²) in [5, 5.41) is 0. The third kappa shape index (κ3) is 2.28. The summed E-state index contributed by atoms with van der Waals surface area (Å²) in [5.74, 6) is 1.23. The molecular weight excluding hydrogens is 314 g/mol. The van der Waals surface area contributed by atoms with Gasteiger partial charge < -0.3 is 14.4 Å². The van der Waals surface area contributed by atoms with Gasteiger partial charge in [-0.2, -0.15) is 0 Å². The number of ketones is 1. The zero-order valence-electron chi connectivity index (χ0n) is 13.9. The Morgan fingerprint density at radius 2 is 1.64 bits per heavy atom. The van der Waals surface area contributed by atoms with Crippen molar-refractivity contribution in [2.24, 2.45) is 0 Å². The van der Waals surface area contributed by atoms with Crippen molar-refractivity contribution in [3.8, 4) is 0 Å². The van der Waals surface area contributed by atoms with Crippen LogP contribution < -0.4 is 9.80 Å². The highest BCUT2D eigenvalue weighted by Gasteiger charge is 2.27. The molecular formula is C19H19N5O. The zero-order chi connectivity index (χ0) is 16.8. The number of piperazine rings is 1. The molecule has 0 amide bonds. The predicted octanol–water partition coefficient (Wildman–Crippen LogP) is 2.34. The summed E-state index contributed by atoms with van der Waals surface area (Å²) in [4.78, 5) is 25.9. The number of nitrogens with zero attached hydrogens (tertiary/aromatic N) is 5. The highest BCUT2D eigenvalue weighted by molar-refractivity contribution is 6.08. The number of aromatic nitrogens is 3. The molecule has 1 fully saturated rings. The van der Waals surface area contributed by atoms with E-state index in [1.54, 1.807) is 0 Å². The lowest BCUT2D eigenvalue weighted by Crippen LogP contribution is -2.47. The minimum atomic E-state index is 0.229. The summed E-state index contributed by atoms with van der Waals surface area (Å²) >= 11 is 0. The van der Waals surface area contributed by atoms with Crippen molar-refractivity contribution in [2.45, 2.75) is 13.0 Å². The van der Waals surface area contributed by atoms with Crippen LogP contribution in [0.4, 0.5) is 11.6 Å². The van der Waals surface area contributed by atoms with Gasteiger partial charge in [-0.15, -0.1) is 0 Å². The second-order valence-electron chi connectivity index (χ2n) is 6.59. The highest BCUT2D eigenvalue weighted by Crippen LogP contribution is 2.31. The summed E-state index contributed by atoms with van der Waals surface area (Å²) in [6.45, 7) is 4.49. The van der Waals surface area contributed by atoms with Gasteiger partial charge in [0.25, 0.3) is 0 Å². The van der Waals surface area contributed by atoms with Gasteiger partial charge in [0.1, 0.15) is 0 Å². The van der Waals surface area contributed by atoms with Gasteiger partial charge in [0.05, 0.1) is 11.0 Å². The van der Waals surface area contributed by atoms with Gasteiger partial charge in [-0.1, -0.05) is 6.07 Å². The molecule has 126 valence electrons. The fourth-order valence-electron chi connectivity index (χ4n) is 3.92. The highest BCUT2D eigenvalue weighted by atomic mass is 16.1. The average Bonchev–Trinajstić information content (AvgIpc) is 3.05. The number of imidazole rings is 1. The average molecular weight is 333 g/mol. The van der Waals surface area contributed by atoms with E-state index in [9.17, 15) is 4.79 Å². The predicted molar refractivity (Wildman–Crippen MR) is 97.3 cm³/mol. The standard InChI is InChI=1S/C19H19N5O/c25-17-6-9-24-18-15(17)2-1-3-16(18)21-19(24)23-12-10-22(11-13-23)14-4-7-20-8-5-14/h1-5,7-8H,6,9-13H2. The van der Waals surface area contributed by atoms with Crippen LogP contribution in [0.1, 0.15) is 16.8 Å². The van der Waals surface area contributed by atoms with E-state index in [0.717, 1.165) is 55.3 Å². The Morgan fingerprint density at radius 3 is 2.44 bits per heavy atom. The van der Waals surface area contributed by atoms with E-state index in [0.29, 0.717) is 6.42 Å². The quantitative estimate of drug-likeness (QED) is 0.720. The molecule has 0 bridgehead atoms. The number of Topliss-reactive ketones (excluding diaryl/α,β-unsaturated/α-hetero) is 1. The van der Waals surface area contributed by atoms with Crippen LogP contribution in [0.5, 0.6) is 0 Å². The van der Waals surface area contributed by atoms with E-state index in [1.807, 2.05) is 30.6 Å². The molecule has 2 aliphatic rings. The summed E-state index contributed by atoms with van der Waals surface area (Å²) in [7, 11) is 0. The van der Waals surface area contributed by atoms with Crippen molar-refractivity contribution < 1.29 is 4.79 Å². The van der Waals surface area contributed by atoms with Crippen molar-refractivity contribution in [3.05, 3.63) is 48.3 Å². The number of carbonyl (C=O) groups excluding carboxylic acids is 1. The Balaban J connectivity index is 1.45. The molecule has 2 aliphatic heterocycles. The molecule has 0 spiro atoms. The zero-order valence-corrected chi connectivity index (χ0v) is 13.9. The van der Waals surface area contributed by atoms with Crippen molar-refractivity contribution in [1.29, 1.82) is 0 Å². The third-order valence-electron chi connectivity index (χ3n) is 5.20. The Bertz CT molecular complexity index is 941. The van der Waals surface area contributed by atoms with Crippen LogP contribution in [-0.4, -0.2) is 46.5 Å².